The lowest BCUT2D eigenvalue weighted by molar-refractivity contribution is -0.0300. The molecule has 1 fully saturated rings. The number of aromatic nitrogens is 2. The average molecular weight is 272 g/mol. The molecule has 5 nitrogen and oxygen atoms in total. The summed E-state index contributed by atoms with van der Waals surface area (Å²) in [4.78, 5) is 0.207. The van der Waals surface area contributed by atoms with Crippen molar-refractivity contribution >= 4 is 9.84 Å². The van der Waals surface area contributed by atoms with E-state index in [1.54, 1.807) is 4.68 Å². The topological polar surface area (TPSA) is 72.2 Å². The zero-order valence-corrected chi connectivity index (χ0v) is 11.8. The van der Waals surface area contributed by atoms with Crippen LogP contribution in [0, 0.1) is 5.41 Å². The smallest absolute Gasteiger partial charge is 0.178 e. The van der Waals surface area contributed by atoms with Crippen LogP contribution in [0.3, 0.4) is 0 Å². The van der Waals surface area contributed by atoms with E-state index in [1.807, 2.05) is 13.8 Å². The number of nitrogens with zero attached hydrogens (tertiary/aromatic N) is 2. The third-order valence-corrected chi connectivity index (χ3v) is 4.90. The third-order valence-electron chi connectivity index (χ3n) is 3.83. The lowest BCUT2D eigenvalue weighted by Crippen LogP contribution is -2.41. The number of sulfone groups is 1. The largest absolute Gasteiger partial charge is 0.390 e. The Morgan fingerprint density at radius 3 is 2.72 bits per heavy atom. The van der Waals surface area contributed by atoms with Gasteiger partial charge in [-0.1, -0.05) is 20.3 Å². The molecule has 0 aliphatic heterocycles. The van der Waals surface area contributed by atoms with Gasteiger partial charge >= 0.3 is 0 Å². The summed E-state index contributed by atoms with van der Waals surface area (Å²) in [7, 11) is -3.23. The van der Waals surface area contributed by atoms with Crippen LogP contribution < -0.4 is 0 Å². The third kappa shape index (κ3) is 2.44. The highest BCUT2D eigenvalue weighted by molar-refractivity contribution is 7.90. The van der Waals surface area contributed by atoms with Crippen LogP contribution in [0.15, 0.2) is 17.3 Å². The normalized spacial score (nSPS) is 28.2. The number of hydrogen-bond acceptors (Lipinski definition) is 4. The molecule has 1 aliphatic rings. The highest BCUT2D eigenvalue weighted by Gasteiger charge is 2.39. The Bertz CT molecular complexity index is 533. The molecule has 0 aromatic carbocycles. The van der Waals surface area contributed by atoms with Crippen molar-refractivity contribution < 1.29 is 13.5 Å². The van der Waals surface area contributed by atoms with Crippen LogP contribution in [-0.4, -0.2) is 35.7 Å². The van der Waals surface area contributed by atoms with E-state index in [2.05, 4.69) is 5.10 Å². The minimum Gasteiger partial charge on any atom is -0.390 e. The van der Waals surface area contributed by atoms with E-state index in [4.69, 9.17) is 0 Å². The van der Waals surface area contributed by atoms with Crippen LogP contribution in [0.4, 0.5) is 0 Å². The standard InChI is InChI=1S/C12H20N2O3S/c1-12(2)6-4-5-10(11(12)15)14-8-9(7-13-14)18(3,16)17/h7-8,10-11,15H,4-6H2,1-3H3. The van der Waals surface area contributed by atoms with Crippen LogP contribution in [0.1, 0.15) is 39.2 Å². The lowest BCUT2D eigenvalue weighted by atomic mass is 9.72. The van der Waals surface area contributed by atoms with E-state index in [9.17, 15) is 13.5 Å². The molecule has 102 valence electrons. The van der Waals surface area contributed by atoms with Crippen molar-refractivity contribution in [2.45, 2.75) is 50.2 Å². The van der Waals surface area contributed by atoms with Crippen molar-refractivity contribution in [3.63, 3.8) is 0 Å². The lowest BCUT2D eigenvalue weighted by Gasteiger charge is -2.40. The Morgan fingerprint density at radius 2 is 2.17 bits per heavy atom. The summed E-state index contributed by atoms with van der Waals surface area (Å²) in [5, 5.41) is 14.5. The Labute approximate surface area is 108 Å². The van der Waals surface area contributed by atoms with Crippen molar-refractivity contribution in [2.24, 2.45) is 5.41 Å². The van der Waals surface area contributed by atoms with Gasteiger partial charge in [-0.2, -0.15) is 5.10 Å². The number of aliphatic hydroxyl groups is 1. The van der Waals surface area contributed by atoms with Crippen LogP contribution in [0.25, 0.3) is 0 Å². The molecule has 0 spiro atoms. The van der Waals surface area contributed by atoms with Gasteiger partial charge in [-0.05, 0) is 18.3 Å². The van der Waals surface area contributed by atoms with Crippen molar-refractivity contribution in [1.29, 1.82) is 0 Å². The van der Waals surface area contributed by atoms with Gasteiger partial charge in [0.25, 0.3) is 0 Å². The van der Waals surface area contributed by atoms with Crippen LogP contribution in [0.5, 0.6) is 0 Å². The maximum Gasteiger partial charge on any atom is 0.178 e. The highest BCUT2D eigenvalue weighted by Crippen LogP contribution is 2.41. The van der Waals surface area contributed by atoms with E-state index < -0.39 is 15.9 Å². The van der Waals surface area contributed by atoms with Gasteiger partial charge in [-0.15, -0.1) is 0 Å². The molecule has 1 aromatic rings. The van der Waals surface area contributed by atoms with E-state index in [0.717, 1.165) is 25.5 Å². The summed E-state index contributed by atoms with van der Waals surface area (Å²) < 4.78 is 24.4. The summed E-state index contributed by atoms with van der Waals surface area (Å²) in [6.07, 6.45) is 6.35. The van der Waals surface area contributed by atoms with Gasteiger partial charge in [0.2, 0.25) is 0 Å². The quantitative estimate of drug-likeness (QED) is 0.883. The zero-order chi connectivity index (χ0) is 13.6. The summed E-state index contributed by atoms with van der Waals surface area (Å²) in [5.41, 5.74) is -0.153. The summed E-state index contributed by atoms with van der Waals surface area (Å²) in [6.45, 7) is 4.07. The SMILES string of the molecule is CC1(C)CCCC(n2cc(S(C)(=O)=O)cn2)C1O. The summed E-state index contributed by atoms with van der Waals surface area (Å²) in [5.74, 6) is 0. The molecule has 1 heterocycles. The Hall–Kier alpha value is -0.880. The Balaban J connectivity index is 2.29. The first kappa shape index (κ1) is 13.5. The van der Waals surface area contributed by atoms with Crippen molar-refractivity contribution in [3.05, 3.63) is 12.4 Å². The first-order chi connectivity index (χ1) is 8.22. The molecular weight excluding hydrogens is 252 g/mol. The zero-order valence-electron chi connectivity index (χ0n) is 11.0. The molecule has 1 N–H and O–H groups in total. The van der Waals surface area contributed by atoms with Crippen LogP contribution in [0.2, 0.25) is 0 Å². The Kier molecular flexibility index (Phi) is 3.27. The minimum atomic E-state index is -3.23. The molecule has 6 heteroatoms. The fourth-order valence-electron chi connectivity index (χ4n) is 2.56. The number of rotatable bonds is 2. The van der Waals surface area contributed by atoms with E-state index in [1.165, 1.54) is 12.4 Å². The van der Waals surface area contributed by atoms with Crippen molar-refractivity contribution in [1.82, 2.24) is 9.78 Å². The van der Waals surface area contributed by atoms with Gasteiger partial charge in [0.15, 0.2) is 9.84 Å². The minimum absolute atomic E-state index is 0.135. The molecule has 1 aliphatic carbocycles. The summed E-state index contributed by atoms with van der Waals surface area (Å²) in [6, 6.07) is -0.135. The van der Waals surface area contributed by atoms with E-state index in [0.29, 0.717) is 0 Å². The predicted octanol–water partition coefficient (Wildman–Crippen LogP) is 1.40. The number of hydrogen-bond donors (Lipinski definition) is 1. The molecule has 1 saturated carbocycles. The molecule has 2 atom stereocenters. The molecule has 2 unspecified atom stereocenters. The van der Waals surface area contributed by atoms with Crippen molar-refractivity contribution in [3.8, 4) is 0 Å². The molecule has 1 aromatic heterocycles. The second kappa shape index (κ2) is 4.35. The maximum atomic E-state index is 11.4. The van der Waals surface area contributed by atoms with E-state index in [-0.39, 0.29) is 16.4 Å². The van der Waals surface area contributed by atoms with Gasteiger partial charge in [0, 0.05) is 12.5 Å². The predicted molar refractivity (Wildman–Crippen MR) is 68.0 cm³/mol. The van der Waals surface area contributed by atoms with Crippen LogP contribution >= 0.6 is 0 Å². The molecule has 0 amide bonds. The van der Waals surface area contributed by atoms with E-state index >= 15 is 0 Å². The van der Waals surface area contributed by atoms with Gasteiger partial charge in [-0.3, -0.25) is 4.68 Å². The fourth-order valence-corrected chi connectivity index (χ4v) is 3.10. The molecule has 2 rings (SSSR count). The van der Waals surface area contributed by atoms with Gasteiger partial charge in [0.1, 0.15) is 4.90 Å². The van der Waals surface area contributed by atoms with Crippen LogP contribution in [-0.2, 0) is 9.84 Å². The molecule has 0 saturated heterocycles. The van der Waals surface area contributed by atoms with Gasteiger partial charge < -0.3 is 5.11 Å². The first-order valence-corrected chi connectivity index (χ1v) is 8.03. The fraction of sp³-hybridized carbons (Fsp3) is 0.750. The maximum absolute atomic E-state index is 11.4. The first-order valence-electron chi connectivity index (χ1n) is 6.14. The summed E-state index contributed by atoms with van der Waals surface area (Å²) >= 11 is 0. The van der Waals surface area contributed by atoms with Crippen molar-refractivity contribution in [2.75, 3.05) is 6.26 Å². The highest BCUT2D eigenvalue weighted by atomic mass is 32.2. The Morgan fingerprint density at radius 1 is 1.50 bits per heavy atom. The second-order valence-corrected chi connectivity index (χ2v) is 7.84. The average Bonchev–Trinajstić information content (AvgIpc) is 2.70. The number of aliphatic hydroxyl groups excluding tert-OH is 1. The van der Waals surface area contributed by atoms with Gasteiger partial charge in [-0.25, -0.2) is 8.42 Å². The monoisotopic (exact) mass is 272 g/mol. The molecule has 0 bridgehead atoms. The van der Waals surface area contributed by atoms with Gasteiger partial charge in [0.05, 0.1) is 18.3 Å². The molecule has 0 radical (unpaired) electrons. The second-order valence-electron chi connectivity index (χ2n) is 5.82. The molecule has 18 heavy (non-hydrogen) atoms. The molecular formula is C12H20N2O3S.